The molecule has 0 saturated carbocycles. The highest BCUT2D eigenvalue weighted by Crippen LogP contribution is 2.23. The van der Waals surface area contributed by atoms with Crippen molar-refractivity contribution >= 4 is 23.4 Å². The molecular weight excluding hydrogens is 343 g/mol. The molecule has 1 aromatic carbocycles. The lowest BCUT2D eigenvalue weighted by Gasteiger charge is -2.07. The molecule has 1 atom stereocenters. The number of Topliss-reactive ketones (excluding diaryl/α,β-unsaturated/α-hetero) is 1. The SMILES string of the molecule is COCC(=O)c1c(C(C)C(=O)O)[nH]n(-c2ccc(F)cc2Cl)c1=O. The fourth-order valence-corrected chi connectivity index (χ4v) is 2.45. The molecule has 0 saturated heterocycles. The molecule has 0 bridgehead atoms. The smallest absolute Gasteiger partial charge is 0.312 e. The predicted molar refractivity (Wildman–Crippen MR) is 83.6 cm³/mol. The Morgan fingerprint density at radius 2 is 2.12 bits per heavy atom. The second kappa shape index (κ2) is 6.98. The van der Waals surface area contributed by atoms with Crippen LogP contribution in [0.1, 0.15) is 28.9 Å². The van der Waals surface area contributed by atoms with E-state index in [1.54, 1.807) is 0 Å². The molecule has 24 heavy (non-hydrogen) atoms. The molecular formula is C15H14ClFN2O5. The number of carbonyl (C=O) groups is 2. The van der Waals surface area contributed by atoms with Crippen LogP contribution in [0, 0.1) is 5.82 Å². The Labute approximate surface area is 140 Å². The molecule has 0 aliphatic heterocycles. The van der Waals surface area contributed by atoms with Crippen LogP contribution in [0.2, 0.25) is 5.02 Å². The van der Waals surface area contributed by atoms with Crippen molar-refractivity contribution in [3.8, 4) is 5.69 Å². The van der Waals surface area contributed by atoms with Crippen molar-refractivity contribution < 1.29 is 23.8 Å². The number of hydrogen-bond donors (Lipinski definition) is 2. The van der Waals surface area contributed by atoms with E-state index in [2.05, 4.69) is 5.10 Å². The van der Waals surface area contributed by atoms with Crippen LogP contribution in [0.5, 0.6) is 0 Å². The van der Waals surface area contributed by atoms with E-state index in [9.17, 15) is 23.9 Å². The van der Waals surface area contributed by atoms with Gasteiger partial charge in [-0.15, -0.1) is 0 Å². The van der Waals surface area contributed by atoms with E-state index in [4.69, 9.17) is 16.3 Å². The number of aromatic amines is 1. The molecule has 2 N–H and O–H groups in total. The molecule has 0 radical (unpaired) electrons. The number of rotatable bonds is 6. The first-order chi connectivity index (χ1) is 11.3. The second-order valence-electron chi connectivity index (χ2n) is 5.05. The zero-order valence-corrected chi connectivity index (χ0v) is 13.6. The maximum absolute atomic E-state index is 13.2. The summed E-state index contributed by atoms with van der Waals surface area (Å²) in [6, 6.07) is 3.34. The zero-order valence-electron chi connectivity index (χ0n) is 12.8. The summed E-state index contributed by atoms with van der Waals surface area (Å²) in [6.07, 6.45) is 0. The van der Waals surface area contributed by atoms with Crippen LogP contribution in [-0.4, -0.2) is 40.4 Å². The van der Waals surface area contributed by atoms with Gasteiger partial charge in [0, 0.05) is 7.11 Å². The first kappa shape index (κ1) is 17.9. The number of aliphatic carboxylic acids is 1. The van der Waals surface area contributed by atoms with Crippen molar-refractivity contribution in [3.63, 3.8) is 0 Å². The Hall–Kier alpha value is -2.45. The summed E-state index contributed by atoms with van der Waals surface area (Å²) in [7, 11) is 1.28. The summed E-state index contributed by atoms with van der Waals surface area (Å²) in [6.45, 7) is 0.942. The summed E-state index contributed by atoms with van der Waals surface area (Å²) in [5.74, 6) is -3.63. The predicted octanol–water partition coefficient (Wildman–Crippen LogP) is 1.98. The van der Waals surface area contributed by atoms with E-state index in [1.165, 1.54) is 20.1 Å². The molecule has 0 spiro atoms. The molecule has 0 aliphatic carbocycles. The number of nitrogens with one attached hydrogen (secondary N) is 1. The molecule has 1 unspecified atom stereocenters. The zero-order chi connectivity index (χ0) is 18.0. The van der Waals surface area contributed by atoms with Crippen molar-refractivity contribution in [3.05, 3.63) is 50.7 Å². The second-order valence-corrected chi connectivity index (χ2v) is 5.46. The normalized spacial score (nSPS) is 12.2. The number of H-pyrrole nitrogens is 1. The van der Waals surface area contributed by atoms with Gasteiger partial charge in [-0.3, -0.25) is 19.5 Å². The Bertz CT molecular complexity index is 858. The van der Waals surface area contributed by atoms with E-state index >= 15 is 0 Å². The number of methoxy groups -OCH3 is 1. The highest BCUT2D eigenvalue weighted by Gasteiger charge is 2.28. The van der Waals surface area contributed by atoms with Crippen LogP contribution in [0.25, 0.3) is 5.69 Å². The number of halogens is 2. The average molecular weight is 357 g/mol. The Balaban J connectivity index is 2.71. The van der Waals surface area contributed by atoms with Gasteiger partial charge in [0.15, 0.2) is 5.78 Å². The molecule has 9 heteroatoms. The van der Waals surface area contributed by atoms with Gasteiger partial charge < -0.3 is 9.84 Å². The molecule has 0 aliphatic rings. The van der Waals surface area contributed by atoms with Crippen molar-refractivity contribution in [1.82, 2.24) is 9.78 Å². The van der Waals surface area contributed by atoms with Gasteiger partial charge in [0.2, 0.25) is 0 Å². The van der Waals surface area contributed by atoms with Gasteiger partial charge in [-0.1, -0.05) is 11.6 Å². The van der Waals surface area contributed by atoms with Crippen molar-refractivity contribution in [2.24, 2.45) is 0 Å². The Morgan fingerprint density at radius 3 is 2.67 bits per heavy atom. The van der Waals surface area contributed by atoms with Gasteiger partial charge in [0.05, 0.1) is 22.3 Å². The van der Waals surface area contributed by atoms with Gasteiger partial charge in [0.25, 0.3) is 5.56 Å². The minimum atomic E-state index is -1.22. The van der Waals surface area contributed by atoms with E-state index in [-0.39, 0.29) is 28.6 Å². The monoisotopic (exact) mass is 356 g/mol. The van der Waals surface area contributed by atoms with Crippen molar-refractivity contribution in [1.29, 1.82) is 0 Å². The quantitative estimate of drug-likeness (QED) is 0.770. The van der Waals surface area contributed by atoms with Gasteiger partial charge >= 0.3 is 5.97 Å². The topological polar surface area (TPSA) is 101 Å². The molecule has 7 nitrogen and oxygen atoms in total. The molecule has 0 amide bonds. The molecule has 1 heterocycles. The van der Waals surface area contributed by atoms with E-state index in [0.717, 1.165) is 16.8 Å². The van der Waals surface area contributed by atoms with E-state index in [0.29, 0.717) is 0 Å². The number of aromatic nitrogens is 2. The lowest BCUT2D eigenvalue weighted by atomic mass is 10.0. The molecule has 1 aromatic heterocycles. The van der Waals surface area contributed by atoms with Gasteiger partial charge in [0.1, 0.15) is 18.0 Å². The number of ketones is 1. The number of ether oxygens (including phenoxy) is 1. The number of nitrogens with zero attached hydrogens (tertiary/aromatic N) is 1. The van der Waals surface area contributed by atoms with Gasteiger partial charge in [-0.05, 0) is 25.1 Å². The Morgan fingerprint density at radius 1 is 1.46 bits per heavy atom. The van der Waals surface area contributed by atoms with Crippen LogP contribution < -0.4 is 5.56 Å². The summed E-state index contributed by atoms with van der Waals surface area (Å²) < 4.78 is 18.8. The summed E-state index contributed by atoms with van der Waals surface area (Å²) in [5.41, 5.74) is -1.09. The average Bonchev–Trinajstić information content (AvgIpc) is 2.84. The first-order valence-corrected chi connectivity index (χ1v) is 7.21. The highest BCUT2D eigenvalue weighted by atomic mass is 35.5. The Kier molecular flexibility index (Phi) is 5.20. The maximum atomic E-state index is 13.2. The highest BCUT2D eigenvalue weighted by molar-refractivity contribution is 6.32. The summed E-state index contributed by atoms with van der Waals surface area (Å²) in [5, 5.41) is 11.7. The third kappa shape index (κ3) is 3.24. The minimum absolute atomic E-state index is 0.0707. The maximum Gasteiger partial charge on any atom is 0.312 e. The fourth-order valence-electron chi connectivity index (χ4n) is 2.20. The van der Waals surface area contributed by atoms with Crippen LogP contribution in [0.4, 0.5) is 4.39 Å². The van der Waals surface area contributed by atoms with Crippen molar-refractivity contribution in [2.45, 2.75) is 12.8 Å². The number of carbonyl (C=O) groups excluding carboxylic acids is 1. The number of benzene rings is 1. The number of carboxylic acid groups (broad SMARTS) is 1. The largest absolute Gasteiger partial charge is 0.481 e. The van der Waals surface area contributed by atoms with Crippen LogP contribution >= 0.6 is 11.6 Å². The van der Waals surface area contributed by atoms with Crippen LogP contribution in [0.3, 0.4) is 0 Å². The van der Waals surface area contributed by atoms with Crippen LogP contribution in [0.15, 0.2) is 23.0 Å². The third-order valence-corrected chi connectivity index (χ3v) is 3.73. The lowest BCUT2D eigenvalue weighted by molar-refractivity contribution is -0.138. The number of hydrogen-bond acceptors (Lipinski definition) is 4. The lowest BCUT2D eigenvalue weighted by Crippen LogP contribution is -2.23. The molecule has 128 valence electrons. The summed E-state index contributed by atoms with van der Waals surface area (Å²) in [4.78, 5) is 36.0. The fraction of sp³-hybridized carbons (Fsp3) is 0.267. The summed E-state index contributed by atoms with van der Waals surface area (Å²) >= 11 is 5.93. The van der Waals surface area contributed by atoms with Gasteiger partial charge in [-0.25, -0.2) is 9.07 Å². The van der Waals surface area contributed by atoms with Crippen LogP contribution in [-0.2, 0) is 9.53 Å². The first-order valence-electron chi connectivity index (χ1n) is 6.83. The minimum Gasteiger partial charge on any atom is -0.481 e. The van der Waals surface area contributed by atoms with Crippen molar-refractivity contribution in [2.75, 3.05) is 13.7 Å². The van der Waals surface area contributed by atoms with Gasteiger partial charge in [-0.2, -0.15) is 0 Å². The molecule has 2 aromatic rings. The third-order valence-electron chi connectivity index (χ3n) is 3.43. The van der Waals surface area contributed by atoms with E-state index < -0.39 is 29.0 Å². The number of carboxylic acids is 1. The standard InChI is InChI=1S/C15H14ClFN2O5/c1-7(15(22)23)13-12(11(20)6-24-2)14(21)19(18-13)10-4-3-8(17)5-9(10)16/h3-5,7,18H,6H2,1-2H3,(H,22,23). The molecule has 0 fully saturated rings. The molecule has 2 rings (SSSR count). The van der Waals surface area contributed by atoms with E-state index in [1.807, 2.05) is 0 Å².